The molecular weight excluding hydrogens is 300 g/mol. The summed E-state index contributed by atoms with van der Waals surface area (Å²) in [6, 6.07) is 8.36. The number of pyridine rings is 1. The van der Waals surface area contributed by atoms with Gasteiger partial charge in [0, 0.05) is 29.7 Å². The van der Waals surface area contributed by atoms with Gasteiger partial charge in [0.05, 0.1) is 18.7 Å². The van der Waals surface area contributed by atoms with Crippen molar-refractivity contribution in [1.82, 2.24) is 9.88 Å². The van der Waals surface area contributed by atoms with Crippen LogP contribution < -0.4 is 4.74 Å². The number of fused-ring (bicyclic) bond motifs is 4. The van der Waals surface area contributed by atoms with E-state index in [1.807, 2.05) is 30.3 Å². The standard InChI is InChI=1S/C20H24N2O2/c1-3-14-10-13-7-9-22(14)19(11-13)20(23)17-6-8-21-18-12-15(24-2)4-5-16(17)18/h3-6,8,12-14,19-20,23H,1,7,9-11H2,2H3/t13-,14?,19?,20-/m1/s1. The second kappa shape index (κ2) is 6.19. The maximum absolute atomic E-state index is 11.2. The van der Waals surface area contributed by atoms with Crippen LogP contribution in [0.2, 0.25) is 0 Å². The van der Waals surface area contributed by atoms with Gasteiger partial charge < -0.3 is 9.84 Å². The molecule has 24 heavy (non-hydrogen) atoms. The summed E-state index contributed by atoms with van der Waals surface area (Å²) in [5, 5.41) is 12.2. The van der Waals surface area contributed by atoms with Crippen LogP contribution in [0, 0.1) is 5.92 Å². The molecule has 4 nitrogen and oxygen atoms in total. The Morgan fingerprint density at radius 2 is 2.25 bits per heavy atom. The van der Waals surface area contributed by atoms with E-state index in [0.717, 1.165) is 35.2 Å². The maximum atomic E-state index is 11.2. The van der Waals surface area contributed by atoms with Crippen molar-refractivity contribution in [2.45, 2.75) is 37.5 Å². The first-order valence-corrected chi connectivity index (χ1v) is 8.70. The van der Waals surface area contributed by atoms with Gasteiger partial charge in [-0.1, -0.05) is 6.08 Å². The van der Waals surface area contributed by atoms with Gasteiger partial charge in [0.2, 0.25) is 0 Å². The van der Waals surface area contributed by atoms with Crippen LogP contribution in [0.15, 0.2) is 43.1 Å². The summed E-state index contributed by atoms with van der Waals surface area (Å²) in [6.45, 7) is 5.05. The number of rotatable bonds is 4. The highest BCUT2D eigenvalue weighted by atomic mass is 16.5. The van der Waals surface area contributed by atoms with Gasteiger partial charge in [0.15, 0.2) is 0 Å². The molecule has 0 amide bonds. The van der Waals surface area contributed by atoms with Crippen molar-refractivity contribution in [2.24, 2.45) is 5.92 Å². The number of nitrogens with zero attached hydrogens (tertiary/aromatic N) is 2. The molecule has 126 valence electrons. The number of methoxy groups -OCH3 is 1. The summed E-state index contributed by atoms with van der Waals surface area (Å²) < 4.78 is 5.29. The number of hydrogen-bond acceptors (Lipinski definition) is 4. The van der Waals surface area contributed by atoms with E-state index < -0.39 is 6.10 Å². The molecule has 1 N–H and O–H groups in total. The monoisotopic (exact) mass is 324 g/mol. The lowest BCUT2D eigenvalue weighted by molar-refractivity contribution is -0.0473. The lowest BCUT2D eigenvalue weighted by Gasteiger charge is -2.51. The minimum absolute atomic E-state index is 0.160. The van der Waals surface area contributed by atoms with E-state index in [4.69, 9.17) is 4.74 Å². The summed E-state index contributed by atoms with van der Waals surface area (Å²) in [4.78, 5) is 6.87. The van der Waals surface area contributed by atoms with E-state index in [-0.39, 0.29) is 6.04 Å². The zero-order valence-electron chi connectivity index (χ0n) is 14.1. The molecule has 5 rings (SSSR count). The number of piperidine rings is 3. The topological polar surface area (TPSA) is 45.6 Å². The zero-order chi connectivity index (χ0) is 16.7. The van der Waals surface area contributed by atoms with E-state index >= 15 is 0 Å². The molecule has 4 heteroatoms. The van der Waals surface area contributed by atoms with Crippen LogP contribution >= 0.6 is 0 Å². The predicted octanol–water partition coefficient (Wildman–Crippen LogP) is 3.32. The Kier molecular flexibility index (Phi) is 4.02. The highest BCUT2D eigenvalue weighted by Gasteiger charge is 2.42. The third-order valence-corrected chi connectivity index (χ3v) is 5.74. The Balaban J connectivity index is 1.70. The molecule has 3 aliphatic rings. The van der Waals surface area contributed by atoms with Crippen LogP contribution in [0.4, 0.5) is 0 Å². The molecule has 3 aliphatic heterocycles. The maximum Gasteiger partial charge on any atom is 0.121 e. The molecule has 0 aliphatic carbocycles. The van der Waals surface area contributed by atoms with Crippen LogP contribution in [-0.4, -0.2) is 40.7 Å². The van der Waals surface area contributed by atoms with Gasteiger partial charge in [-0.05, 0) is 55.5 Å². The Morgan fingerprint density at radius 1 is 1.38 bits per heavy atom. The van der Waals surface area contributed by atoms with Crippen LogP contribution in [0.1, 0.15) is 30.9 Å². The van der Waals surface area contributed by atoms with E-state index in [1.165, 1.54) is 12.8 Å². The number of aromatic nitrogens is 1. The first-order chi connectivity index (χ1) is 11.7. The molecule has 1 aromatic heterocycles. The van der Waals surface area contributed by atoms with Crippen LogP contribution in [0.25, 0.3) is 10.9 Å². The van der Waals surface area contributed by atoms with Gasteiger partial charge in [-0.15, -0.1) is 6.58 Å². The van der Waals surface area contributed by atoms with Crippen molar-refractivity contribution in [3.63, 3.8) is 0 Å². The van der Waals surface area contributed by atoms with Crippen LogP contribution in [0.5, 0.6) is 5.75 Å². The van der Waals surface area contributed by atoms with Crippen molar-refractivity contribution < 1.29 is 9.84 Å². The fourth-order valence-electron chi connectivity index (χ4n) is 4.48. The Morgan fingerprint density at radius 3 is 3.00 bits per heavy atom. The third kappa shape index (κ3) is 2.50. The average molecular weight is 324 g/mol. The van der Waals surface area contributed by atoms with Gasteiger partial charge in [0.25, 0.3) is 0 Å². The van der Waals surface area contributed by atoms with E-state index in [2.05, 4.69) is 16.5 Å². The number of benzene rings is 1. The Bertz CT molecular complexity index is 760. The lowest BCUT2D eigenvalue weighted by Crippen LogP contribution is -2.55. The molecular formula is C20H24N2O2. The highest BCUT2D eigenvalue weighted by Crippen LogP contribution is 2.42. The predicted molar refractivity (Wildman–Crippen MR) is 95.1 cm³/mol. The van der Waals surface area contributed by atoms with Crippen molar-refractivity contribution in [1.29, 1.82) is 0 Å². The van der Waals surface area contributed by atoms with Crippen molar-refractivity contribution in [3.8, 4) is 5.75 Å². The molecule has 0 spiro atoms. The van der Waals surface area contributed by atoms with E-state index in [0.29, 0.717) is 12.0 Å². The first-order valence-electron chi connectivity index (χ1n) is 8.70. The molecule has 2 aromatic rings. The average Bonchev–Trinajstić information content (AvgIpc) is 2.66. The highest BCUT2D eigenvalue weighted by molar-refractivity contribution is 5.83. The summed E-state index contributed by atoms with van der Waals surface area (Å²) in [5.41, 5.74) is 1.82. The summed E-state index contributed by atoms with van der Waals surface area (Å²) in [5.74, 6) is 1.49. The summed E-state index contributed by atoms with van der Waals surface area (Å²) in [7, 11) is 1.65. The number of ether oxygens (including phenoxy) is 1. The minimum atomic E-state index is -0.505. The summed E-state index contributed by atoms with van der Waals surface area (Å²) in [6.07, 6.45) is 6.80. The Hall–Kier alpha value is -1.91. The van der Waals surface area contributed by atoms with Gasteiger partial charge in [-0.25, -0.2) is 0 Å². The van der Waals surface area contributed by atoms with E-state index in [1.54, 1.807) is 13.3 Å². The SMILES string of the molecule is C=CC1C[C@H]2CCN1C([C@H](O)c1ccnc3cc(OC)ccc13)C2. The molecule has 2 bridgehead atoms. The van der Waals surface area contributed by atoms with Gasteiger partial charge >= 0.3 is 0 Å². The molecule has 0 radical (unpaired) electrons. The minimum Gasteiger partial charge on any atom is -0.497 e. The van der Waals surface area contributed by atoms with Crippen molar-refractivity contribution in [2.75, 3.05) is 13.7 Å². The van der Waals surface area contributed by atoms with E-state index in [9.17, 15) is 5.11 Å². The molecule has 3 fully saturated rings. The molecule has 3 saturated heterocycles. The zero-order valence-corrected chi connectivity index (χ0v) is 14.1. The second-order valence-corrected chi connectivity index (χ2v) is 6.96. The van der Waals surface area contributed by atoms with Crippen LogP contribution in [0.3, 0.4) is 0 Å². The molecule has 1 aromatic carbocycles. The quantitative estimate of drug-likeness (QED) is 0.877. The lowest BCUT2D eigenvalue weighted by atomic mass is 9.76. The fourth-order valence-corrected chi connectivity index (χ4v) is 4.48. The third-order valence-electron chi connectivity index (χ3n) is 5.74. The van der Waals surface area contributed by atoms with Gasteiger partial charge in [-0.3, -0.25) is 9.88 Å². The normalized spacial score (nSPS) is 30.2. The molecule has 4 heterocycles. The van der Waals surface area contributed by atoms with Gasteiger partial charge in [0.1, 0.15) is 5.75 Å². The first kappa shape index (κ1) is 15.6. The number of aliphatic hydroxyl groups is 1. The van der Waals surface area contributed by atoms with Crippen LogP contribution in [-0.2, 0) is 0 Å². The fraction of sp³-hybridized carbons (Fsp3) is 0.450. The molecule has 0 saturated carbocycles. The van der Waals surface area contributed by atoms with Gasteiger partial charge in [-0.2, -0.15) is 0 Å². The van der Waals surface area contributed by atoms with Crippen molar-refractivity contribution in [3.05, 3.63) is 48.7 Å². The smallest absolute Gasteiger partial charge is 0.121 e. The van der Waals surface area contributed by atoms with Crippen molar-refractivity contribution >= 4 is 10.9 Å². The second-order valence-electron chi connectivity index (χ2n) is 6.96. The largest absolute Gasteiger partial charge is 0.497 e. The molecule has 5 atom stereocenters. The molecule has 3 unspecified atom stereocenters. The summed E-state index contributed by atoms with van der Waals surface area (Å²) >= 11 is 0. The Labute approximate surface area is 142 Å². The number of hydrogen-bond donors (Lipinski definition) is 1. The number of aliphatic hydroxyl groups excluding tert-OH is 1.